The van der Waals surface area contributed by atoms with Crippen LogP contribution in [-0.2, 0) is 4.79 Å². The van der Waals surface area contributed by atoms with Gasteiger partial charge in [0.05, 0.1) is 0 Å². The lowest BCUT2D eigenvalue weighted by atomic mass is 9.96. The largest absolute Gasteiger partial charge is 0.370 e. The molecule has 69 valence electrons. The molecule has 1 rings (SSSR count). The third-order valence-electron chi connectivity index (χ3n) is 1.96. The molecule has 0 aromatic heterocycles. The van der Waals surface area contributed by atoms with Crippen molar-refractivity contribution in [2.45, 2.75) is 19.3 Å². The number of amides is 1. The zero-order valence-electron chi connectivity index (χ0n) is 7.79. The van der Waals surface area contributed by atoms with Crippen LogP contribution in [-0.4, -0.2) is 5.91 Å². The maximum atomic E-state index is 10.7. The molecule has 0 saturated carbocycles. The van der Waals surface area contributed by atoms with Crippen molar-refractivity contribution < 1.29 is 4.79 Å². The van der Waals surface area contributed by atoms with Gasteiger partial charge in [0.25, 0.3) is 0 Å². The second kappa shape index (κ2) is 4.08. The first-order valence-corrected chi connectivity index (χ1v) is 4.27. The molecule has 1 aromatic rings. The molecule has 1 atom stereocenters. The summed E-state index contributed by atoms with van der Waals surface area (Å²) in [5, 5.41) is 0. The van der Waals surface area contributed by atoms with E-state index in [1.54, 1.807) is 0 Å². The smallest absolute Gasteiger partial charge is 0.218 e. The lowest BCUT2D eigenvalue weighted by Gasteiger charge is -2.09. The van der Waals surface area contributed by atoms with Crippen molar-refractivity contribution in [3.05, 3.63) is 42.3 Å². The van der Waals surface area contributed by atoms with Gasteiger partial charge in [0.2, 0.25) is 5.91 Å². The Balaban J connectivity index is 2.76. The molecule has 0 bridgehead atoms. The minimum Gasteiger partial charge on any atom is -0.370 e. The summed E-state index contributed by atoms with van der Waals surface area (Å²) >= 11 is 0. The first-order valence-electron chi connectivity index (χ1n) is 4.27. The molecule has 1 aromatic carbocycles. The molecule has 2 N–H and O–H groups in total. The van der Waals surface area contributed by atoms with Crippen molar-refractivity contribution in [1.29, 1.82) is 0 Å². The van der Waals surface area contributed by atoms with Crippen molar-refractivity contribution in [2.75, 3.05) is 0 Å². The molecular weight excluding hydrogens is 162 g/mol. The lowest BCUT2D eigenvalue weighted by Crippen LogP contribution is -2.13. The summed E-state index contributed by atoms with van der Waals surface area (Å²) in [6.45, 7) is 5.90. The highest BCUT2D eigenvalue weighted by Gasteiger charge is 2.08. The van der Waals surface area contributed by atoms with Gasteiger partial charge >= 0.3 is 0 Å². The Bertz CT molecular complexity index is 307. The normalized spacial score (nSPS) is 12.5. The van der Waals surface area contributed by atoms with Crippen LogP contribution in [0.5, 0.6) is 0 Å². The van der Waals surface area contributed by atoms with E-state index in [2.05, 4.69) is 6.92 Å². The molecule has 1 radical (unpaired) electrons. The van der Waals surface area contributed by atoms with Crippen LogP contribution in [0.1, 0.15) is 23.5 Å². The second-order valence-electron chi connectivity index (χ2n) is 3.28. The van der Waals surface area contributed by atoms with Crippen LogP contribution in [0, 0.1) is 13.8 Å². The van der Waals surface area contributed by atoms with E-state index >= 15 is 0 Å². The summed E-state index contributed by atoms with van der Waals surface area (Å²) < 4.78 is 0. The van der Waals surface area contributed by atoms with Crippen molar-refractivity contribution >= 4 is 5.91 Å². The number of carbonyl (C=O) groups is 1. The Hall–Kier alpha value is -1.31. The molecule has 0 aliphatic rings. The van der Waals surface area contributed by atoms with E-state index in [0.29, 0.717) is 6.42 Å². The molecule has 1 amide bonds. The van der Waals surface area contributed by atoms with Crippen LogP contribution in [0.4, 0.5) is 0 Å². The number of nitrogens with two attached hydrogens (primary N) is 1. The number of primary amides is 1. The van der Waals surface area contributed by atoms with Crippen molar-refractivity contribution in [3.63, 3.8) is 0 Å². The van der Waals surface area contributed by atoms with Crippen molar-refractivity contribution in [1.82, 2.24) is 0 Å². The van der Waals surface area contributed by atoms with E-state index in [-0.39, 0.29) is 11.8 Å². The zero-order chi connectivity index (χ0) is 9.84. The lowest BCUT2D eigenvalue weighted by molar-refractivity contribution is -0.118. The van der Waals surface area contributed by atoms with Crippen LogP contribution >= 0.6 is 0 Å². The van der Waals surface area contributed by atoms with E-state index in [4.69, 9.17) is 5.73 Å². The zero-order valence-corrected chi connectivity index (χ0v) is 7.79. The van der Waals surface area contributed by atoms with Gasteiger partial charge in [-0.25, -0.2) is 0 Å². The van der Waals surface area contributed by atoms with Crippen LogP contribution in [0.15, 0.2) is 24.3 Å². The molecule has 1 unspecified atom stereocenters. The molecule has 0 aliphatic heterocycles. The number of carbonyl (C=O) groups excluding carboxylic acids is 1. The van der Waals surface area contributed by atoms with Crippen LogP contribution in [0.2, 0.25) is 0 Å². The minimum absolute atomic E-state index is 0.0302. The quantitative estimate of drug-likeness (QED) is 0.749. The average Bonchev–Trinajstić information content (AvgIpc) is 2.03. The SMILES string of the molecule is [CH2]C(CC(N)=O)c1cccc(C)c1. The Morgan fingerprint density at radius 2 is 2.31 bits per heavy atom. The summed E-state index contributed by atoms with van der Waals surface area (Å²) in [6, 6.07) is 7.97. The Morgan fingerprint density at radius 3 is 2.85 bits per heavy atom. The third-order valence-corrected chi connectivity index (χ3v) is 1.96. The van der Waals surface area contributed by atoms with Crippen LogP contribution in [0.25, 0.3) is 0 Å². The molecule has 13 heavy (non-hydrogen) atoms. The second-order valence-corrected chi connectivity index (χ2v) is 3.28. The molecule has 0 aliphatic carbocycles. The molecule has 0 fully saturated rings. The van der Waals surface area contributed by atoms with Crippen LogP contribution in [0.3, 0.4) is 0 Å². The number of rotatable bonds is 3. The summed E-state index contributed by atoms with van der Waals surface area (Å²) in [6.07, 6.45) is 0.309. The topological polar surface area (TPSA) is 43.1 Å². The van der Waals surface area contributed by atoms with Crippen LogP contribution < -0.4 is 5.73 Å². The maximum Gasteiger partial charge on any atom is 0.218 e. The average molecular weight is 176 g/mol. The maximum absolute atomic E-state index is 10.7. The fourth-order valence-electron chi connectivity index (χ4n) is 1.28. The Morgan fingerprint density at radius 1 is 1.62 bits per heavy atom. The third kappa shape index (κ3) is 2.90. The Kier molecular flexibility index (Phi) is 3.07. The van der Waals surface area contributed by atoms with E-state index in [1.165, 1.54) is 5.56 Å². The Labute approximate surface area is 78.8 Å². The predicted octanol–water partition coefficient (Wildman–Crippen LogP) is 1.79. The van der Waals surface area contributed by atoms with Gasteiger partial charge in [-0.05, 0) is 25.3 Å². The van der Waals surface area contributed by atoms with Gasteiger partial charge in [-0.15, -0.1) is 0 Å². The fourth-order valence-corrected chi connectivity index (χ4v) is 1.28. The molecule has 2 heteroatoms. The fraction of sp³-hybridized carbons (Fsp3) is 0.273. The first-order chi connectivity index (χ1) is 6.09. The highest BCUT2D eigenvalue weighted by molar-refractivity contribution is 5.74. The molecular formula is C11H14NO. The number of hydrogen-bond donors (Lipinski definition) is 1. The number of hydrogen-bond acceptors (Lipinski definition) is 1. The molecule has 0 spiro atoms. The van der Waals surface area contributed by atoms with Gasteiger partial charge in [-0.3, -0.25) is 4.79 Å². The minimum atomic E-state index is -0.304. The van der Waals surface area contributed by atoms with Gasteiger partial charge in [-0.1, -0.05) is 29.8 Å². The highest BCUT2D eigenvalue weighted by atomic mass is 16.1. The number of benzene rings is 1. The predicted molar refractivity (Wildman–Crippen MR) is 53.1 cm³/mol. The first kappa shape index (κ1) is 9.78. The summed E-state index contributed by atoms with van der Waals surface area (Å²) in [7, 11) is 0. The number of aryl methyl sites for hydroxylation is 1. The summed E-state index contributed by atoms with van der Waals surface area (Å²) in [5.41, 5.74) is 7.33. The highest BCUT2D eigenvalue weighted by Crippen LogP contribution is 2.18. The molecule has 0 heterocycles. The molecule has 0 saturated heterocycles. The standard InChI is InChI=1S/C11H14NO/c1-8-4-3-5-10(6-8)9(2)7-11(12)13/h3-6,9H,2,7H2,1H3,(H2,12,13). The van der Waals surface area contributed by atoms with Crippen molar-refractivity contribution in [2.24, 2.45) is 5.73 Å². The van der Waals surface area contributed by atoms with E-state index in [9.17, 15) is 4.79 Å². The van der Waals surface area contributed by atoms with Crippen molar-refractivity contribution in [3.8, 4) is 0 Å². The van der Waals surface area contributed by atoms with Gasteiger partial charge in [0, 0.05) is 6.42 Å². The monoisotopic (exact) mass is 176 g/mol. The van der Waals surface area contributed by atoms with E-state index < -0.39 is 0 Å². The van der Waals surface area contributed by atoms with E-state index in [0.717, 1.165) is 5.56 Å². The molecule has 2 nitrogen and oxygen atoms in total. The van der Waals surface area contributed by atoms with E-state index in [1.807, 2.05) is 31.2 Å². The van der Waals surface area contributed by atoms with Gasteiger partial charge in [0.15, 0.2) is 0 Å². The van der Waals surface area contributed by atoms with Gasteiger partial charge in [0.1, 0.15) is 0 Å². The summed E-state index contributed by atoms with van der Waals surface area (Å²) in [5.74, 6) is -0.334. The van der Waals surface area contributed by atoms with Gasteiger partial charge in [-0.2, -0.15) is 0 Å². The summed E-state index contributed by atoms with van der Waals surface area (Å²) in [4.78, 5) is 10.7. The van der Waals surface area contributed by atoms with Gasteiger partial charge < -0.3 is 5.73 Å².